The number of fused-ring (bicyclic) bond motifs is 12. The lowest BCUT2D eigenvalue weighted by Crippen LogP contribution is -2.10. The van der Waals surface area contributed by atoms with Gasteiger partial charge in [0.2, 0.25) is 0 Å². The summed E-state index contributed by atoms with van der Waals surface area (Å²) in [4.78, 5) is 4.80. The zero-order valence-electron chi connectivity index (χ0n) is 68.8. The molecule has 0 radical (unpaired) electrons. The van der Waals surface area contributed by atoms with Crippen molar-refractivity contribution in [3.05, 3.63) is 485 Å². The summed E-state index contributed by atoms with van der Waals surface area (Å²) in [7, 11) is 0. The summed E-state index contributed by atoms with van der Waals surface area (Å²) in [5.74, 6) is 0. The first-order valence-corrected chi connectivity index (χ1v) is 44.6. The maximum atomic E-state index is 2.40. The Hall–Kier alpha value is -16.0. The van der Waals surface area contributed by atoms with E-state index in [1.54, 1.807) is 0 Å². The number of para-hydroxylation sites is 4. The van der Waals surface area contributed by atoms with E-state index in [1.807, 2.05) is 22.7 Å². The van der Waals surface area contributed by atoms with Gasteiger partial charge >= 0.3 is 0 Å². The number of hydrogen-bond acceptors (Lipinski definition) is 4. The first-order chi connectivity index (χ1) is 62.5. The first kappa shape index (κ1) is 75.0. The van der Waals surface area contributed by atoms with Crippen LogP contribution in [-0.4, -0.2) is 9.13 Å². The number of benzene rings is 20. The molecule has 0 saturated heterocycles. The van der Waals surface area contributed by atoms with Gasteiger partial charge in [-0.1, -0.05) is 322 Å². The molecular weight excluding hydrogens is 1560 g/mol. The molecule has 0 aliphatic carbocycles. The normalized spacial score (nSPS) is 11.5. The fourth-order valence-electron chi connectivity index (χ4n) is 18.7. The van der Waals surface area contributed by atoms with Crippen LogP contribution in [0.5, 0.6) is 0 Å². The third kappa shape index (κ3) is 13.9. The molecule has 4 nitrogen and oxygen atoms in total. The number of aromatic nitrogens is 2. The minimum absolute atomic E-state index is 1.09. The molecule has 126 heavy (non-hydrogen) atoms. The smallest absolute Gasteiger partial charge is 0.0561 e. The van der Waals surface area contributed by atoms with Crippen molar-refractivity contribution in [2.45, 2.75) is 0 Å². The molecule has 0 amide bonds. The van der Waals surface area contributed by atoms with Gasteiger partial charge in [0.1, 0.15) is 0 Å². The van der Waals surface area contributed by atoms with Crippen molar-refractivity contribution in [1.82, 2.24) is 9.13 Å². The number of anilines is 6. The molecule has 0 aliphatic rings. The van der Waals surface area contributed by atoms with Crippen molar-refractivity contribution in [3.8, 4) is 100 Å². The summed E-state index contributed by atoms with van der Waals surface area (Å²) in [6.45, 7) is 0. The van der Waals surface area contributed by atoms with E-state index in [4.69, 9.17) is 0 Å². The van der Waals surface area contributed by atoms with Gasteiger partial charge in [-0.15, -0.1) is 22.7 Å². The van der Waals surface area contributed by atoms with Crippen molar-refractivity contribution >= 4 is 141 Å². The Kier molecular flexibility index (Phi) is 19.3. The van der Waals surface area contributed by atoms with Gasteiger partial charge in [-0.05, 0) is 253 Å². The van der Waals surface area contributed by atoms with Crippen LogP contribution in [0, 0.1) is 0 Å². The zero-order chi connectivity index (χ0) is 83.4. The van der Waals surface area contributed by atoms with Crippen LogP contribution < -0.4 is 9.80 Å². The van der Waals surface area contributed by atoms with Crippen molar-refractivity contribution in [2.75, 3.05) is 9.80 Å². The Balaban J connectivity index is 0.000000145. The van der Waals surface area contributed by atoms with Gasteiger partial charge in [0.25, 0.3) is 0 Å². The topological polar surface area (TPSA) is 16.3 Å². The van der Waals surface area contributed by atoms with Gasteiger partial charge in [0.15, 0.2) is 0 Å². The molecule has 0 unspecified atom stereocenters. The SMILES string of the molecule is c1ccc(-c2cc(-c3ccccc3)cc(-c3ccc(N(c4ccc(-c5cccc6c5sc5ccccc56)cc4)c4ccc5c(c4)c4ccccc4n5-c4ccccc4)cc3)c2)cc1.c1ccc(-c2cc(-c3ccccc3)cc(-c3ccc(N(c4ccc(-c5cccc6c5sc5ccccc56)cc4)c4ccc5c6ccccc6n(-c6ccccc6)c5c4)cc3)c2)cc1. The van der Waals surface area contributed by atoms with E-state index in [-0.39, 0.29) is 0 Å². The Morgan fingerprint density at radius 1 is 0.151 bits per heavy atom. The molecule has 0 aliphatic heterocycles. The highest BCUT2D eigenvalue weighted by molar-refractivity contribution is 7.26. The average molecular weight is 1640 g/mol. The minimum atomic E-state index is 1.09. The highest BCUT2D eigenvalue weighted by atomic mass is 32.1. The summed E-state index contributed by atoms with van der Waals surface area (Å²) in [5.41, 5.74) is 32.8. The maximum Gasteiger partial charge on any atom is 0.0561 e. The van der Waals surface area contributed by atoms with E-state index < -0.39 is 0 Å². The van der Waals surface area contributed by atoms with E-state index in [0.717, 1.165) is 45.5 Å². The third-order valence-electron chi connectivity index (χ3n) is 24.8. The predicted octanol–water partition coefficient (Wildman–Crippen LogP) is 34.6. The van der Waals surface area contributed by atoms with Gasteiger partial charge in [-0.25, -0.2) is 0 Å². The Bertz CT molecular complexity index is 8020. The molecule has 0 bridgehead atoms. The van der Waals surface area contributed by atoms with Crippen LogP contribution in [0.15, 0.2) is 485 Å². The van der Waals surface area contributed by atoms with E-state index in [0.29, 0.717) is 0 Å². The lowest BCUT2D eigenvalue weighted by atomic mass is 9.93. The van der Waals surface area contributed by atoms with E-state index in [1.165, 1.54) is 173 Å². The second-order valence-electron chi connectivity index (χ2n) is 32.3. The molecule has 0 fully saturated rings. The van der Waals surface area contributed by atoms with Crippen LogP contribution in [0.3, 0.4) is 0 Å². The number of nitrogens with zero attached hydrogens (tertiary/aromatic N) is 4. The van der Waals surface area contributed by atoms with Crippen LogP contribution in [0.2, 0.25) is 0 Å². The highest BCUT2D eigenvalue weighted by Crippen LogP contribution is 2.48. The zero-order valence-corrected chi connectivity index (χ0v) is 70.4. The second kappa shape index (κ2) is 32.5. The Morgan fingerprint density at radius 2 is 0.421 bits per heavy atom. The van der Waals surface area contributed by atoms with E-state index in [9.17, 15) is 0 Å². The maximum absolute atomic E-state index is 2.40. The summed E-state index contributed by atoms with van der Waals surface area (Å²) in [6.07, 6.45) is 0. The molecule has 0 spiro atoms. The van der Waals surface area contributed by atoms with Crippen LogP contribution in [0.25, 0.3) is 184 Å². The van der Waals surface area contributed by atoms with Crippen molar-refractivity contribution in [1.29, 1.82) is 0 Å². The van der Waals surface area contributed by atoms with Crippen molar-refractivity contribution < 1.29 is 0 Å². The van der Waals surface area contributed by atoms with E-state index in [2.05, 4.69) is 504 Å². The van der Waals surface area contributed by atoms with E-state index >= 15 is 0 Å². The van der Waals surface area contributed by atoms with Gasteiger partial charge in [0, 0.05) is 107 Å². The summed E-state index contributed by atoms with van der Waals surface area (Å²) >= 11 is 3.75. The molecule has 24 rings (SSSR count). The summed E-state index contributed by atoms with van der Waals surface area (Å²) in [5, 5.41) is 10.2. The molecular formula is C120H80N4S2. The molecule has 20 aromatic carbocycles. The second-order valence-corrected chi connectivity index (χ2v) is 34.4. The summed E-state index contributed by atoms with van der Waals surface area (Å²) in [6, 6.07) is 177. The molecule has 0 N–H and O–H groups in total. The Labute approximate surface area is 739 Å². The fraction of sp³-hybridized carbons (Fsp3) is 0. The molecule has 592 valence electrons. The molecule has 6 heteroatoms. The highest BCUT2D eigenvalue weighted by Gasteiger charge is 2.23. The fourth-order valence-corrected chi connectivity index (χ4v) is 21.2. The number of thiophene rings is 2. The molecule has 0 saturated carbocycles. The largest absolute Gasteiger partial charge is 0.310 e. The van der Waals surface area contributed by atoms with Crippen LogP contribution in [0.1, 0.15) is 0 Å². The van der Waals surface area contributed by atoms with Gasteiger partial charge in [-0.3, -0.25) is 0 Å². The summed E-state index contributed by atoms with van der Waals surface area (Å²) < 4.78 is 10.1. The van der Waals surface area contributed by atoms with Crippen molar-refractivity contribution in [2.24, 2.45) is 0 Å². The Morgan fingerprint density at radius 3 is 0.810 bits per heavy atom. The van der Waals surface area contributed by atoms with Crippen LogP contribution in [0.4, 0.5) is 34.1 Å². The van der Waals surface area contributed by atoms with Gasteiger partial charge in [-0.2, -0.15) is 0 Å². The molecule has 4 aromatic heterocycles. The minimum Gasteiger partial charge on any atom is -0.310 e. The van der Waals surface area contributed by atoms with Crippen LogP contribution >= 0.6 is 22.7 Å². The quantitative estimate of drug-likeness (QED) is 0.0959. The van der Waals surface area contributed by atoms with Gasteiger partial charge in [0.05, 0.1) is 22.1 Å². The molecule has 4 heterocycles. The van der Waals surface area contributed by atoms with Gasteiger partial charge < -0.3 is 18.9 Å². The number of hydrogen-bond donors (Lipinski definition) is 0. The first-order valence-electron chi connectivity index (χ1n) is 43.0. The van der Waals surface area contributed by atoms with Crippen molar-refractivity contribution in [3.63, 3.8) is 0 Å². The predicted molar refractivity (Wildman–Crippen MR) is 540 cm³/mol. The lowest BCUT2D eigenvalue weighted by Gasteiger charge is -2.26. The average Bonchev–Trinajstić information content (AvgIpc) is 1.58. The third-order valence-corrected chi connectivity index (χ3v) is 27.2. The molecule has 24 aromatic rings. The number of rotatable bonds is 16. The monoisotopic (exact) mass is 1640 g/mol. The van der Waals surface area contributed by atoms with Crippen LogP contribution in [-0.2, 0) is 0 Å². The lowest BCUT2D eigenvalue weighted by molar-refractivity contribution is 1.18. The standard InChI is InChI=1S/2C60H40N2S/c1-4-15-41(16-5-1)45-37-46(42-17-6-2-7-18-42)39-47(38-45)43-27-31-49(32-28-43)61(50-33-29-44(30-34-50)52-23-14-24-56-55-22-11-13-26-59(55)63-60(52)56)51-35-36-54-53-21-10-12-25-57(53)62(58(54)40-51)48-19-8-3-9-20-48;1-4-15-41(16-5-1)45-37-46(42-17-6-2-7-18-42)39-47(38-45)43-27-31-49(32-28-43)61(50-33-29-44(30-34-50)52-23-14-24-55-54-22-11-13-26-59(54)63-60(52)55)51-35-36-58-56(40-51)53-21-10-12-25-57(53)62(58)48-19-8-3-9-20-48/h2*1-40H. The molecule has 0 atom stereocenters.